The number of hydrogen-bond acceptors (Lipinski definition) is 6. The fraction of sp³-hybridized carbons (Fsp3) is 0.857. The number of amides is 3. The lowest BCUT2D eigenvalue weighted by atomic mass is 10.0. The van der Waals surface area contributed by atoms with Crippen LogP contribution in [0.5, 0.6) is 17.2 Å². The molecule has 0 radical (unpaired) electrons. The predicted molar refractivity (Wildman–Crippen MR) is 307 cm³/mol. The van der Waals surface area contributed by atoms with E-state index in [1.54, 1.807) is 0 Å². The molecule has 0 atom stereocenters. The van der Waals surface area contributed by atoms with Gasteiger partial charge in [0.1, 0.15) is 17.2 Å². The van der Waals surface area contributed by atoms with Gasteiger partial charge in [-0.25, -0.2) is 14.4 Å². The standard InChI is InChI=1S/C63H117N3O6/c1-4-7-10-13-16-19-22-25-28-31-34-37-40-43-46-49-52-64-61(67)70-58-55-59(71-62(68)65-53-50-47-44-41-38-35-32-29-26-23-20-17-14-11-8-5-2)57-60(56-58)72-63(69)66-54-51-48-45-42-39-36-33-30-27-24-21-18-15-12-9-6-3/h55-57H,4-54H2,1-3H3,(H,64,67)(H,65,68)(H,66,69). The third-order valence-corrected chi connectivity index (χ3v) is 14.4. The zero-order chi connectivity index (χ0) is 51.9. The molecule has 9 nitrogen and oxygen atoms in total. The van der Waals surface area contributed by atoms with Crippen LogP contribution >= 0.6 is 0 Å². The quantitative estimate of drug-likeness (QED) is 0.0560. The molecule has 3 N–H and O–H groups in total. The fourth-order valence-corrected chi connectivity index (χ4v) is 9.74. The maximum atomic E-state index is 12.8. The second-order valence-corrected chi connectivity index (χ2v) is 21.5. The predicted octanol–water partition coefficient (Wildman–Crippen LogP) is 20.7. The summed E-state index contributed by atoms with van der Waals surface area (Å²) in [5.74, 6) is 0.384. The Morgan fingerprint density at radius 1 is 0.250 bits per heavy atom. The van der Waals surface area contributed by atoms with E-state index >= 15 is 0 Å². The van der Waals surface area contributed by atoms with E-state index < -0.39 is 18.3 Å². The highest BCUT2D eigenvalue weighted by molar-refractivity contribution is 5.74. The first-order chi connectivity index (χ1) is 35.5. The van der Waals surface area contributed by atoms with E-state index in [-0.39, 0.29) is 17.2 Å². The Hall–Kier alpha value is -2.97. The molecule has 0 aliphatic heterocycles. The van der Waals surface area contributed by atoms with Crippen molar-refractivity contribution in [2.45, 2.75) is 329 Å². The largest absolute Gasteiger partial charge is 0.412 e. The second kappa shape index (κ2) is 54.3. The van der Waals surface area contributed by atoms with Crippen molar-refractivity contribution in [3.8, 4) is 17.2 Å². The number of ether oxygens (including phenoxy) is 3. The number of hydrogen-bond donors (Lipinski definition) is 3. The summed E-state index contributed by atoms with van der Waals surface area (Å²) in [7, 11) is 0. The Balaban J connectivity index is 2.40. The molecule has 0 saturated heterocycles. The van der Waals surface area contributed by atoms with Crippen LogP contribution in [0.3, 0.4) is 0 Å². The highest BCUT2D eigenvalue weighted by atomic mass is 16.6. The number of unbranched alkanes of at least 4 members (excludes halogenated alkanes) is 45. The van der Waals surface area contributed by atoms with Crippen molar-refractivity contribution < 1.29 is 28.6 Å². The summed E-state index contributed by atoms with van der Waals surface area (Å²) < 4.78 is 16.8. The van der Waals surface area contributed by atoms with Gasteiger partial charge in [0.15, 0.2) is 0 Å². The van der Waals surface area contributed by atoms with Crippen LogP contribution in [0.15, 0.2) is 18.2 Å². The minimum Gasteiger partial charge on any atom is -0.410 e. The van der Waals surface area contributed by atoms with Gasteiger partial charge in [-0.3, -0.25) is 0 Å². The molecule has 0 heterocycles. The maximum Gasteiger partial charge on any atom is 0.412 e. The van der Waals surface area contributed by atoms with Crippen molar-refractivity contribution >= 4 is 18.3 Å². The van der Waals surface area contributed by atoms with Gasteiger partial charge >= 0.3 is 18.3 Å². The second-order valence-electron chi connectivity index (χ2n) is 21.5. The van der Waals surface area contributed by atoms with Crippen LogP contribution in [0.25, 0.3) is 0 Å². The van der Waals surface area contributed by atoms with Gasteiger partial charge in [-0.2, -0.15) is 0 Å². The molecule has 0 aliphatic rings. The van der Waals surface area contributed by atoms with Gasteiger partial charge < -0.3 is 30.2 Å². The number of carbonyl (C=O) groups excluding carboxylic acids is 3. The van der Waals surface area contributed by atoms with Gasteiger partial charge in [0.2, 0.25) is 0 Å². The smallest absolute Gasteiger partial charge is 0.410 e. The summed E-state index contributed by atoms with van der Waals surface area (Å²) >= 11 is 0. The number of benzene rings is 1. The van der Waals surface area contributed by atoms with E-state index in [1.807, 2.05) is 0 Å². The summed E-state index contributed by atoms with van der Waals surface area (Å²) in [6, 6.07) is 4.43. The molecule has 0 fully saturated rings. The maximum absolute atomic E-state index is 12.8. The zero-order valence-corrected chi connectivity index (χ0v) is 47.7. The Morgan fingerprint density at radius 3 is 0.542 bits per heavy atom. The van der Waals surface area contributed by atoms with Crippen LogP contribution in [0, 0.1) is 0 Å². The van der Waals surface area contributed by atoms with Gasteiger partial charge in [-0.05, 0) is 19.3 Å². The molecular formula is C63H117N3O6. The first-order valence-corrected chi connectivity index (χ1v) is 31.5. The Labute approximate surface area is 445 Å². The molecule has 1 aromatic rings. The number of rotatable bonds is 54. The molecule has 1 rings (SSSR count). The van der Waals surface area contributed by atoms with E-state index in [4.69, 9.17) is 14.2 Å². The monoisotopic (exact) mass is 1010 g/mol. The van der Waals surface area contributed by atoms with Crippen LogP contribution in [0.2, 0.25) is 0 Å². The molecule has 0 aliphatic carbocycles. The normalized spacial score (nSPS) is 11.2. The minimum atomic E-state index is -0.597. The lowest BCUT2D eigenvalue weighted by Gasteiger charge is -2.12. The number of carbonyl (C=O) groups is 3. The van der Waals surface area contributed by atoms with E-state index in [0.29, 0.717) is 19.6 Å². The highest BCUT2D eigenvalue weighted by Crippen LogP contribution is 2.29. The Bertz CT molecular complexity index is 1170. The van der Waals surface area contributed by atoms with Crippen molar-refractivity contribution in [3.63, 3.8) is 0 Å². The van der Waals surface area contributed by atoms with Gasteiger partial charge in [-0.15, -0.1) is 0 Å². The van der Waals surface area contributed by atoms with Crippen LogP contribution in [-0.2, 0) is 0 Å². The van der Waals surface area contributed by atoms with E-state index in [9.17, 15) is 14.4 Å². The molecule has 0 bridgehead atoms. The van der Waals surface area contributed by atoms with Gasteiger partial charge in [0.25, 0.3) is 0 Å². The van der Waals surface area contributed by atoms with Gasteiger partial charge in [0, 0.05) is 37.8 Å². The molecule has 1 aromatic carbocycles. The van der Waals surface area contributed by atoms with Crippen molar-refractivity contribution in [3.05, 3.63) is 18.2 Å². The Morgan fingerprint density at radius 2 is 0.389 bits per heavy atom. The first-order valence-electron chi connectivity index (χ1n) is 31.5. The fourth-order valence-electron chi connectivity index (χ4n) is 9.74. The lowest BCUT2D eigenvalue weighted by molar-refractivity contribution is 0.196. The van der Waals surface area contributed by atoms with E-state index in [0.717, 1.165) is 57.8 Å². The average molecular weight is 1010 g/mol. The molecular weight excluding hydrogens is 895 g/mol. The van der Waals surface area contributed by atoms with Crippen LogP contribution in [-0.4, -0.2) is 37.9 Å². The van der Waals surface area contributed by atoms with Crippen molar-refractivity contribution in [2.75, 3.05) is 19.6 Å². The van der Waals surface area contributed by atoms with Gasteiger partial charge in [-0.1, -0.05) is 310 Å². The van der Waals surface area contributed by atoms with Crippen molar-refractivity contribution in [2.24, 2.45) is 0 Å². The molecule has 420 valence electrons. The molecule has 0 unspecified atom stereocenters. The summed E-state index contributed by atoms with van der Waals surface area (Å²) in [5.41, 5.74) is 0. The summed E-state index contributed by atoms with van der Waals surface area (Å²) in [4.78, 5) is 38.5. The SMILES string of the molecule is CCCCCCCCCCCCCCCCCCNC(=O)Oc1cc(OC(=O)NCCCCCCCCCCCCCCCCCC)cc(OC(=O)NCCCCCCCCCCCCCCCCCC)c1. The lowest BCUT2D eigenvalue weighted by Crippen LogP contribution is -2.29. The third kappa shape index (κ3) is 48.0. The molecule has 0 spiro atoms. The molecule has 72 heavy (non-hydrogen) atoms. The summed E-state index contributed by atoms with van der Waals surface area (Å²) in [6.45, 7) is 8.37. The van der Waals surface area contributed by atoms with Crippen LogP contribution in [0.1, 0.15) is 329 Å². The average Bonchev–Trinajstić information content (AvgIpc) is 3.36. The van der Waals surface area contributed by atoms with Crippen molar-refractivity contribution in [1.82, 2.24) is 16.0 Å². The molecule has 9 heteroatoms. The Kier molecular flexibility index (Phi) is 50.6. The van der Waals surface area contributed by atoms with E-state index in [1.165, 1.54) is 269 Å². The first kappa shape index (κ1) is 67.0. The topological polar surface area (TPSA) is 115 Å². The highest BCUT2D eigenvalue weighted by Gasteiger charge is 2.14. The van der Waals surface area contributed by atoms with Crippen LogP contribution < -0.4 is 30.2 Å². The van der Waals surface area contributed by atoms with Crippen LogP contribution in [0.4, 0.5) is 14.4 Å². The van der Waals surface area contributed by atoms with E-state index in [2.05, 4.69) is 36.7 Å². The number of nitrogens with one attached hydrogen (secondary N) is 3. The van der Waals surface area contributed by atoms with Gasteiger partial charge in [0.05, 0.1) is 0 Å². The van der Waals surface area contributed by atoms with Crippen molar-refractivity contribution in [1.29, 1.82) is 0 Å². The third-order valence-electron chi connectivity index (χ3n) is 14.4. The molecule has 3 amide bonds. The zero-order valence-electron chi connectivity index (χ0n) is 47.7. The molecule has 0 saturated carbocycles. The summed E-state index contributed by atoms with van der Waals surface area (Å²) in [5, 5.41) is 8.55. The minimum absolute atomic E-state index is 0.128. The molecule has 0 aromatic heterocycles. The summed E-state index contributed by atoms with van der Waals surface area (Å²) in [6.07, 6.45) is 60.4.